The summed E-state index contributed by atoms with van der Waals surface area (Å²) in [5.74, 6) is -1.54. The molecule has 376 valence electrons. The zero-order valence-corrected chi connectivity index (χ0v) is 41.1. The molecule has 7 rings (SSSR count). The largest absolute Gasteiger partial charge is 0.494 e. The Kier molecular flexibility index (Phi) is 19.9. The number of nitrogens with zero attached hydrogens (tertiary/aromatic N) is 4. The van der Waals surface area contributed by atoms with E-state index >= 15 is 0 Å². The summed E-state index contributed by atoms with van der Waals surface area (Å²) in [7, 11) is 0. The van der Waals surface area contributed by atoms with Crippen LogP contribution in [0.2, 0.25) is 0 Å². The van der Waals surface area contributed by atoms with Crippen molar-refractivity contribution in [2.45, 2.75) is 96.3 Å². The molecule has 4 aromatic carbocycles. The van der Waals surface area contributed by atoms with Crippen molar-refractivity contribution in [1.82, 2.24) is 4.98 Å². The first-order valence-corrected chi connectivity index (χ1v) is 25.6. The summed E-state index contributed by atoms with van der Waals surface area (Å²) in [4.78, 5) is 69.4. The maximum absolute atomic E-state index is 13.8. The maximum atomic E-state index is 13.8. The van der Waals surface area contributed by atoms with E-state index in [0.717, 1.165) is 42.0 Å². The lowest BCUT2D eigenvalue weighted by Crippen LogP contribution is -2.30. The number of thiazole rings is 1. The molecule has 72 heavy (non-hydrogen) atoms. The lowest BCUT2D eigenvalue weighted by Gasteiger charge is -2.26. The van der Waals surface area contributed by atoms with Crippen LogP contribution in [0.4, 0.5) is 5.13 Å². The molecule has 15 nitrogen and oxygen atoms in total. The number of nitriles is 1. The Morgan fingerprint density at radius 1 is 0.639 bits per heavy atom. The molecular weight excluding hydrogens is 937 g/mol. The van der Waals surface area contributed by atoms with Crippen molar-refractivity contribution in [3.63, 3.8) is 0 Å². The number of carbonyl (C=O) groups is 5. The van der Waals surface area contributed by atoms with Crippen LogP contribution in [0.3, 0.4) is 0 Å². The first kappa shape index (κ1) is 52.4. The lowest BCUT2D eigenvalue weighted by molar-refractivity contribution is -0.145. The van der Waals surface area contributed by atoms with Crippen LogP contribution in [-0.2, 0) is 28.7 Å². The van der Waals surface area contributed by atoms with Crippen LogP contribution in [0.1, 0.15) is 102 Å². The molecule has 16 heteroatoms. The SMILES string of the molecule is C=CC(=O)OCCCCCCOc1ccc(OC(=O)C2CCC(C(=O)Oc3ccc(OC(=O)C4CCC(C(=O)Oc5ccccc5)CC4)cc3/C=N/N(CCCCC#N)c3nc4ccccc4s3)CC2)cc1. The summed E-state index contributed by atoms with van der Waals surface area (Å²) in [6.45, 7) is 4.76. The molecule has 1 heterocycles. The van der Waals surface area contributed by atoms with Gasteiger partial charge in [0.2, 0.25) is 5.13 Å². The number of fused-ring (bicyclic) bond motifs is 1. The Morgan fingerprint density at radius 2 is 1.18 bits per heavy atom. The van der Waals surface area contributed by atoms with Gasteiger partial charge in [-0.25, -0.2) is 14.8 Å². The van der Waals surface area contributed by atoms with Gasteiger partial charge in [0.05, 0.1) is 59.4 Å². The van der Waals surface area contributed by atoms with E-state index in [2.05, 4.69) is 12.6 Å². The van der Waals surface area contributed by atoms with Crippen LogP contribution in [-0.4, -0.2) is 60.8 Å². The van der Waals surface area contributed by atoms with Gasteiger partial charge in [0, 0.05) is 24.6 Å². The van der Waals surface area contributed by atoms with Crippen LogP contribution in [0.15, 0.2) is 115 Å². The molecule has 0 spiro atoms. The summed E-state index contributed by atoms with van der Waals surface area (Å²) in [6.07, 6.45) is 11.6. The Morgan fingerprint density at radius 3 is 1.79 bits per heavy atom. The van der Waals surface area contributed by atoms with Gasteiger partial charge in [-0.1, -0.05) is 48.2 Å². The van der Waals surface area contributed by atoms with E-state index in [4.69, 9.17) is 38.5 Å². The number of benzene rings is 4. The third kappa shape index (κ3) is 15.8. The molecule has 2 fully saturated rings. The molecule has 2 aliphatic rings. The summed E-state index contributed by atoms with van der Waals surface area (Å²) >= 11 is 1.48. The first-order valence-electron chi connectivity index (χ1n) is 24.8. The number of hydrazone groups is 1. The second-order valence-electron chi connectivity index (χ2n) is 17.8. The van der Waals surface area contributed by atoms with Crippen LogP contribution >= 0.6 is 11.3 Å². The maximum Gasteiger partial charge on any atom is 0.330 e. The van der Waals surface area contributed by atoms with Crippen molar-refractivity contribution in [2.24, 2.45) is 28.8 Å². The standard InChI is InChI=1S/C56H60N4O11S/c1-2-51(61)67-36-14-4-3-13-35-66-44-27-29-46(30-28-44)69-53(63)40-23-25-42(26-24-40)55(65)71-49-32-31-47(70-54(64)41-21-19-39(20-22-41)52(62)68-45-15-7-5-8-16-45)37-43(49)38-58-60(34-12-6-11-33-57)56-59-48-17-9-10-18-50(48)72-56/h2,5,7-10,15-18,27-32,37-42H,1,3-4,6,11-14,19-26,34-36H2/b58-38+. The average Bonchev–Trinajstić information content (AvgIpc) is 3.85. The number of rotatable bonds is 24. The Labute approximate surface area is 423 Å². The lowest BCUT2D eigenvalue weighted by atomic mass is 9.82. The minimum Gasteiger partial charge on any atom is -0.494 e. The highest BCUT2D eigenvalue weighted by Crippen LogP contribution is 2.35. The van der Waals surface area contributed by atoms with Crippen LogP contribution in [0, 0.1) is 35.0 Å². The third-order valence-corrected chi connectivity index (χ3v) is 13.7. The minimum atomic E-state index is -0.470. The van der Waals surface area contributed by atoms with Gasteiger partial charge in [-0.15, -0.1) is 0 Å². The summed E-state index contributed by atoms with van der Waals surface area (Å²) in [5, 5.41) is 16.4. The second-order valence-corrected chi connectivity index (χ2v) is 18.9. The van der Waals surface area contributed by atoms with Gasteiger partial charge in [-0.05, 0) is 157 Å². The van der Waals surface area contributed by atoms with Gasteiger partial charge in [0.25, 0.3) is 0 Å². The molecule has 0 bridgehead atoms. The summed E-state index contributed by atoms with van der Waals surface area (Å²) in [6, 6.07) is 30.6. The van der Waals surface area contributed by atoms with Gasteiger partial charge in [0.1, 0.15) is 28.7 Å². The quantitative estimate of drug-likeness (QED) is 0.0141. The molecule has 2 aliphatic carbocycles. The van der Waals surface area contributed by atoms with E-state index < -0.39 is 29.7 Å². The monoisotopic (exact) mass is 996 g/mol. The smallest absolute Gasteiger partial charge is 0.330 e. The van der Waals surface area contributed by atoms with Crippen molar-refractivity contribution in [3.05, 3.63) is 115 Å². The number of esters is 5. The zero-order chi connectivity index (χ0) is 50.5. The molecule has 0 radical (unpaired) electrons. The number of carbonyl (C=O) groups excluding carboxylic acids is 5. The molecule has 0 atom stereocenters. The van der Waals surface area contributed by atoms with Crippen molar-refractivity contribution in [3.8, 4) is 34.8 Å². The number of hydrogen-bond donors (Lipinski definition) is 0. The molecule has 0 unspecified atom stereocenters. The van der Waals surface area contributed by atoms with E-state index in [1.54, 1.807) is 78.0 Å². The van der Waals surface area contributed by atoms with Gasteiger partial charge in [-0.3, -0.25) is 19.2 Å². The molecule has 2 saturated carbocycles. The number of para-hydroxylation sites is 2. The summed E-state index contributed by atoms with van der Waals surface area (Å²) < 4.78 is 35.1. The number of hydrogen-bond acceptors (Lipinski definition) is 16. The van der Waals surface area contributed by atoms with Gasteiger partial charge < -0.3 is 28.4 Å². The fourth-order valence-electron chi connectivity index (χ4n) is 8.55. The number of aromatic nitrogens is 1. The van der Waals surface area contributed by atoms with E-state index in [0.29, 0.717) is 118 Å². The van der Waals surface area contributed by atoms with Gasteiger partial charge in [0.15, 0.2) is 0 Å². The van der Waals surface area contributed by atoms with E-state index in [-0.39, 0.29) is 35.3 Å². The summed E-state index contributed by atoms with van der Waals surface area (Å²) in [5.41, 5.74) is 1.21. The zero-order valence-electron chi connectivity index (χ0n) is 40.3. The van der Waals surface area contributed by atoms with Crippen LogP contribution < -0.4 is 28.7 Å². The first-order chi connectivity index (χ1) is 35.1. The minimum absolute atomic E-state index is 0.215. The van der Waals surface area contributed by atoms with Crippen molar-refractivity contribution in [1.29, 1.82) is 5.26 Å². The molecule has 1 aromatic heterocycles. The molecule has 5 aromatic rings. The fourth-order valence-corrected chi connectivity index (χ4v) is 9.50. The van der Waals surface area contributed by atoms with E-state index in [1.807, 2.05) is 30.3 Å². The second kappa shape index (κ2) is 27.3. The van der Waals surface area contributed by atoms with Crippen LogP contribution in [0.5, 0.6) is 28.7 Å². The predicted molar refractivity (Wildman–Crippen MR) is 272 cm³/mol. The highest BCUT2D eigenvalue weighted by Gasteiger charge is 2.34. The van der Waals surface area contributed by atoms with Gasteiger partial charge in [-0.2, -0.15) is 10.4 Å². The number of ether oxygens (including phenoxy) is 6. The Bertz CT molecular complexity index is 2650. The van der Waals surface area contributed by atoms with E-state index in [9.17, 15) is 29.2 Å². The van der Waals surface area contributed by atoms with Crippen LogP contribution in [0.25, 0.3) is 10.2 Å². The molecular formula is C56H60N4O11S. The fraction of sp³-hybridized carbons (Fsp3) is 0.393. The van der Waals surface area contributed by atoms with Gasteiger partial charge >= 0.3 is 29.8 Å². The topological polar surface area (TPSA) is 193 Å². The highest BCUT2D eigenvalue weighted by molar-refractivity contribution is 7.22. The normalized spacial score (nSPS) is 17.5. The van der Waals surface area contributed by atoms with Crippen molar-refractivity contribution in [2.75, 3.05) is 24.8 Å². The Balaban J connectivity index is 0.953. The average molecular weight is 997 g/mol. The molecule has 0 N–H and O–H groups in total. The number of unbranched alkanes of at least 4 members (excludes halogenated alkanes) is 5. The predicted octanol–water partition coefficient (Wildman–Crippen LogP) is 11.1. The molecule has 0 amide bonds. The van der Waals surface area contributed by atoms with E-state index in [1.165, 1.54) is 11.3 Å². The molecule has 0 aliphatic heterocycles. The molecule has 0 saturated heterocycles. The number of anilines is 1. The highest BCUT2D eigenvalue weighted by atomic mass is 32.1. The van der Waals surface area contributed by atoms with Crippen molar-refractivity contribution < 1.29 is 52.4 Å². The third-order valence-electron chi connectivity index (χ3n) is 12.7. The van der Waals surface area contributed by atoms with Crippen molar-refractivity contribution >= 4 is 62.7 Å². The Hall–Kier alpha value is -7.38.